The van der Waals surface area contributed by atoms with Crippen LogP contribution >= 0.6 is 0 Å². The lowest BCUT2D eigenvalue weighted by Crippen LogP contribution is -2.23. The number of benzene rings is 1. The number of hydrogen-bond donors (Lipinski definition) is 3. The van der Waals surface area contributed by atoms with Gasteiger partial charge in [0, 0.05) is 6.54 Å². The van der Waals surface area contributed by atoms with Crippen molar-refractivity contribution < 1.29 is 10.0 Å². The molecule has 3 N–H and O–H groups in total. The van der Waals surface area contributed by atoms with Gasteiger partial charge in [-0.3, -0.25) is 15.5 Å². The summed E-state index contributed by atoms with van der Waals surface area (Å²) in [5, 5.41) is 11.3. The van der Waals surface area contributed by atoms with Gasteiger partial charge < -0.3 is 5.32 Å². The molecular weight excluding hydrogens is 192 g/mol. The maximum atomic E-state index is 10.8. The lowest BCUT2D eigenvalue weighted by Gasteiger charge is -2.03. The number of rotatable bonds is 5. The highest BCUT2D eigenvalue weighted by molar-refractivity contribution is 5.86. The molecule has 1 aromatic carbocycles. The van der Waals surface area contributed by atoms with Gasteiger partial charge in [0.1, 0.15) is 0 Å². The van der Waals surface area contributed by atoms with Crippen molar-refractivity contribution in [1.82, 2.24) is 5.32 Å². The van der Waals surface area contributed by atoms with Crippen LogP contribution in [0.15, 0.2) is 36.9 Å². The topological polar surface area (TPSA) is 61.4 Å². The smallest absolute Gasteiger partial charge is 0.243 e. The molecule has 0 aliphatic rings. The van der Waals surface area contributed by atoms with E-state index < -0.39 is 0 Å². The highest BCUT2D eigenvalue weighted by Crippen LogP contribution is 2.08. The van der Waals surface area contributed by atoms with E-state index in [1.165, 1.54) is 6.08 Å². The molecule has 1 aromatic rings. The minimum Gasteiger partial charge on any atom is -0.352 e. The quantitative estimate of drug-likeness (QED) is 0.503. The minimum absolute atomic E-state index is 0.163. The first kappa shape index (κ1) is 11.3. The van der Waals surface area contributed by atoms with E-state index >= 15 is 0 Å². The normalized spacial score (nSPS) is 9.40. The van der Waals surface area contributed by atoms with Crippen LogP contribution in [0.4, 0.5) is 5.69 Å². The van der Waals surface area contributed by atoms with Crippen LogP contribution in [0.5, 0.6) is 0 Å². The fourth-order valence-corrected chi connectivity index (χ4v) is 1.15. The Balaban J connectivity index is 2.37. The van der Waals surface area contributed by atoms with Crippen molar-refractivity contribution in [2.24, 2.45) is 0 Å². The molecule has 0 aromatic heterocycles. The number of carbonyl (C=O) groups is 1. The van der Waals surface area contributed by atoms with Crippen LogP contribution in [0.2, 0.25) is 0 Å². The zero-order valence-electron chi connectivity index (χ0n) is 8.36. The summed E-state index contributed by atoms with van der Waals surface area (Å²) in [5.74, 6) is -0.163. The number of hydrogen-bond acceptors (Lipinski definition) is 3. The predicted octanol–water partition coefficient (Wildman–Crippen LogP) is 1.33. The molecule has 0 radical (unpaired) electrons. The molecule has 15 heavy (non-hydrogen) atoms. The standard InChI is InChI=1S/C11H14N2O2/c1-2-11(14)12-8-7-9-3-5-10(13-15)6-4-9/h2-6,13,15H,1,7-8H2,(H,12,14). The molecule has 4 heteroatoms. The third-order valence-corrected chi connectivity index (χ3v) is 1.98. The van der Waals surface area contributed by atoms with Crippen molar-refractivity contribution in [3.63, 3.8) is 0 Å². The largest absolute Gasteiger partial charge is 0.352 e. The molecule has 1 amide bonds. The Morgan fingerprint density at radius 2 is 2.07 bits per heavy atom. The van der Waals surface area contributed by atoms with Crippen LogP contribution in [0.25, 0.3) is 0 Å². The van der Waals surface area contributed by atoms with Gasteiger partial charge in [0.05, 0.1) is 5.69 Å². The molecule has 0 saturated heterocycles. The van der Waals surface area contributed by atoms with Gasteiger partial charge in [-0.15, -0.1) is 0 Å². The van der Waals surface area contributed by atoms with Crippen LogP contribution in [-0.4, -0.2) is 17.7 Å². The van der Waals surface area contributed by atoms with E-state index in [-0.39, 0.29) is 5.91 Å². The molecule has 0 aliphatic carbocycles. The van der Waals surface area contributed by atoms with E-state index in [4.69, 9.17) is 5.21 Å². The Kier molecular flexibility index (Phi) is 4.37. The Bertz CT molecular complexity index is 333. The second kappa shape index (κ2) is 5.82. The Hall–Kier alpha value is -1.81. The van der Waals surface area contributed by atoms with Gasteiger partial charge in [-0.25, -0.2) is 0 Å². The van der Waals surface area contributed by atoms with Gasteiger partial charge in [-0.1, -0.05) is 18.7 Å². The van der Waals surface area contributed by atoms with E-state index in [0.29, 0.717) is 12.2 Å². The van der Waals surface area contributed by atoms with Crippen molar-refractivity contribution in [2.45, 2.75) is 6.42 Å². The van der Waals surface area contributed by atoms with Crippen LogP contribution in [-0.2, 0) is 11.2 Å². The number of carbonyl (C=O) groups excluding carboxylic acids is 1. The molecule has 80 valence electrons. The highest BCUT2D eigenvalue weighted by atomic mass is 16.5. The summed E-state index contributed by atoms with van der Waals surface area (Å²) in [4.78, 5) is 10.8. The first-order valence-corrected chi connectivity index (χ1v) is 4.65. The van der Waals surface area contributed by atoms with Crippen molar-refractivity contribution in [3.05, 3.63) is 42.5 Å². The van der Waals surface area contributed by atoms with Crippen LogP contribution < -0.4 is 10.8 Å². The van der Waals surface area contributed by atoms with Crippen molar-refractivity contribution in [1.29, 1.82) is 0 Å². The van der Waals surface area contributed by atoms with E-state index in [9.17, 15) is 4.79 Å². The average molecular weight is 206 g/mol. The van der Waals surface area contributed by atoms with Gasteiger partial charge in [0.2, 0.25) is 5.91 Å². The van der Waals surface area contributed by atoms with Crippen LogP contribution in [0.3, 0.4) is 0 Å². The SMILES string of the molecule is C=CC(=O)NCCc1ccc(NO)cc1. The monoisotopic (exact) mass is 206 g/mol. The number of nitrogens with one attached hydrogen (secondary N) is 2. The molecule has 4 nitrogen and oxygen atoms in total. The molecule has 0 heterocycles. The number of anilines is 1. The van der Waals surface area contributed by atoms with Gasteiger partial charge in [0.15, 0.2) is 0 Å². The summed E-state index contributed by atoms with van der Waals surface area (Å²) in [7, 11) is 0. The van der Waals surface area contributed by atoms with Gasteiger partial charge in [0.25, 0.3) is 0 Å². The third-order valence-electron chi connectivity index (χ3n) is 1.98. The van der Waals surface area contributed by atoms with Crippen LogP contribution in [0, 0.1) is 0 Å². The van der Waals surface area contributed by atoms with Crippen LogP contribution in [0.1, 0.15) is 5.56 Å². The van der Waals surface area contributed by atoms with Gasteiger partial charge in [-0.05, 0) is 30.2 Å². The van der Waals surface area contributed by atoms with Gasteiger partial charge in [-0.2, -0.15) is 0 Å². The molecule has 0 bridgehead atoms. The van der Waals surface area contributed by atoms with E-state index in [1.54, 1.807) is 12.1 Å². The molecule has 0 saturated carbocycles. The average Bonchev–Trinajstić information content (AvgIpc) is 2.29. The summed E-state index contributed by atoms with van der Waals surface area (Å²) in [6, 6.07) is 7.31. The summed E-state index contributed by atoms with van der Waals surface area (Å²) in [6.45, 7) is 3.94. The predicted molar refractivity (Wildman–Crippen MR) is 58.8 cm³/mol. The molecule has 0 aliphatic heterocycles. The Morgan fingerprint density at radius 3 is 2.60 bits per heavy atom. The molecule has 0 atom stereocenters. The molecule has 0 fully saturated rings. The fourth-order valence-electron chi connectivity index (χ4n) is 1.15. The van der Waals surface area contributed by atoms with E-state index in [1.807, 2.05) is 12.1 Å². The summed E-state index contributed by atoms with van der Waals surface area (Å²) < 4.78 is 0. The lowest BCUT2D eigenvalue weighted by molar-refractivity contribution is -0.116. The summed E-state index contributed by atoms with van der Waals surface area (Å²) >= 11 is 0. The van der Waals surface area contributed by atoms with Crippen molar-refractivity contribution in [2.75, 3.05) is 12.0 Å². The molecular formula is C11H14N2O2. The second-order valence-electron chi connectivity index (χ2n) is 3.05. The molecule has 1 rings (SSSR count). The fraction of sp³-hybridized carbons (Fsp3) is 0.182. The zero-order chi connectivity index (χ0) is 11.1. The maximum Gasteiger partial charge on any atom is 0.243 e. The first-order valence-electron chi connectivity index (χ1n) is 4.65. The number of amides is 1. The van der Waals surface area contributed by atoms with Crippen molar-refractivity contribution >= 4 is 11.6 Å². The Labute approximate surface area is 88.6 Å². The van der Waals surface area contributed by atoms with E-state index in [2.05, 4.69) is 17.4 Å². The first-order chi connectivity index (χ1) is 7.26. The minimum atomic E-state index is -0.163. The summed E-state index contributed by atoms with van der Waals surface area (Å²) in [5.41, 5.74) is 3.80. The van der Waals surface area contributed by atoms with Crippen molar-refractivity contribution in [3.8, 4) is 0 Å². The Morgan fingerprint density at radius 1 is 1.40 bits per heavy atom. The van der Waals surface area contributed by atoms with E-state index in [0.717, 1.165) is 12.0 Å². The zero-order valence-corrected chi connectivity index (χ0v) is 8.36. The van der Waals surface area contributed by atoms with Gasteiger partial charge >= 0.3 is 0 Å². The highest BCUT2D eigenvalue weighted by Gasteiger charge is 1.95. The second-order valence-corrected chi connectivity index (χ2v) is 3.05. The summed E-state index contributed by atoms with van der Waals surface area (Å²) in [6.07, 6.45) is 2.00. The lowest BCUT2D eigenvalue weighted by atomic mass is 10.1. The maximum absolute atomic E-state index is 10.8. The molecule has 0 unspecified atom stereocenters. The third kappa shape index (κ3) is 3.83. The molecule has 0 spiro atoms.